The summed E-state index contributed by atoms with van der Waals surface area (Å²) in [6.45, 7) is 5.18. The van der Waals surface area contributed by atoms with Crippen molar-refractivity contribution in [3.8, 4) is 5.88 Å². The fraction of sp³-hybridized carbons (Fsp3) is 0.714. The summed E-state index contributed by atoms with van der Waals surface area (Å²) in [6, 6.07) is 1.69. The number of ether oxygens (including phenoxy) is 2. The van der Waals surface area contributed by atoms with Gasteiger partial charge < -0.3 is 15.2 Å². The predicted octanol–water partition coefficient (Wildman–Crippen LogP) is 2.55. The Labute approximate surface area is 114 Å². The van der Waals surface area contributed by atoms with E-state index in [1.165, 1.54) is 19.3 Å². The average Bonchev–Trinajstić information content (AvgIpc) is 2.38. The van der Waals surface area contributed by atoms with Crippen molar-refractivity contribution in [3.05, 3.63) is 11.9 Å². The molecule has 0 spiro atoms. The minimum Gasteiger partial charge on any atom is -0.474 e. The highest BCUT2D eigenvalue weighted by Crippen LogP contribution is 2.27. The third-order valence-electron chi connectivity index (χ3n) is 3.51. The van der Waals surface area contributed by atoms with Gasteiger partial charge in [0, 0.05) is 12.7 Å². The number of rotatable bonds is 5. The van der Waals surface area contributed by atoms with Crippen LogP contribution in [-0.4, -0.2) is 22.7 Å². The fourth-order valence-electron chi connectivity index (χ4n) is 2.42. The van der Waals surface area contributed by atoms with Crippen LogP contribution in [0.4, 0.5) is 5.82 Å². The van der Waals surface area contributed by atoms with Crippen molar-refractivity contribution in [2.75, 3.05) is 12.3 Å². The molecule has 1 aromatic rings. The van der Waals surface area contributed by atoms with Gasteiger partial charge in [0.05, 0.1) is 0 Å². The van der Waals surface area contributed by atoms with Crippen LogP contribution in [0, 0.1) is 5.92 Å². The number of nitrogen functional groups attached to an aromatic ring is 1. The Morgan fingerprint density at radius 2 is 2.11 bits per heavy atom. The van der Waals surface area contributed by atoms with Gasteiger partial charge in [-0.2, -0.15) is 4.98 Å². The van der Waals surface area contributed by atoms with E-state index >= 15 is 0 Å². The molecule has 5 nitrogen and oxygen atoms in total. The Balaban J connectivity index is 2.04. The third kappa shape index (κ3) is 4.06. The second-order valence-corrected chi connectivity index (χ2v) is 5.10. The molecule has 1 aliphatic rings. The molecule has 19 heavy (non-hydrogen) atoms. The summed E-state index contributed by atoms with van der Waals surface area (Å²) in [5, 5.41) is 0. The lowest BCUT2D eigenvalue weighted by Gasteiger charge is -2.28. The SMILES string of the molecule is CCOCc1nc(N)cc(OC2CCCCC2C)n1. The number of hydrogen-bond acceptors (Lipinski definition) is 5. The first-order valence-corrected chi connectivity index (χ1v) is 7.07. The van der Waals surface area contributed by atoms with E-state index in [1.807, 2.05) is 6.92 Å². The number of nitrogens with two attached hydrogens (primary N) is 1. The lowest BCUT2D eigenvalue weighted by Crippen LogP contribution is -2.28. The number of aromatic nitrogens is 2. The lowest BCUT2D eigenvalue weighted by atomic mass is 9.88. The van der Waals surface area contributed by atoms with Crippen molar-refractivity contribution in [3.63, 3.8) is 0 Å². The van der Waals surface area contributed by atoms with E-state index in [0.717, 1.165) is 6.42 Å². The number of anilines is 1. The molecule has 0 amide bonds. The summed E-state index contributed by atoms with van der Waals surface area (Å²) in [5.41, 5.74) is 5.78. The van der Waals surface area contributed by atoms with Crippen LogP contribution in [0.3, 0.4) is 0 Å². The first-order valence-electron chi connectivity index (χ1n) is 7.07. The highest BCUT2D eigenvalue weighted by atomic mass is 16.5. The van der Waals surface area contributed by atoms with Crippen LogP contribution in [0.5, 0.6) is 5.88 Å². The van der Waals surface area contributed by atoms with Gasteiger partial charge in [-0.15, -0.1) is 0 Å². The maximum atomic E-state index is 5.98. The molecule has 2 unspecified atom stereocenters. The van der Waals surface area contributed by atoms with Gasteiger partial charge in [0.15, 0.2) is 5.82 Å². The van der Waals surface area contributed by atoms with Crippen molar-refractivity contribution in [2.24, 2.45) is 5.92 Å². The lowest BCUT2D eigenvalue weighted by molar-refractivity contribution is 0.0946. The quantitative estimate of drug-likeness (QED) is 0.886. The highest BCUT2D eigenvalue weighted by Gasteiger charge is 2.23. The normalized spacial score (nSPS) is 23.3. The highest BCUT2D eigenvalue weighted by molar-refractivity contribution is 5.32. The Morgan fingerprint density at radius 3 is 2.84 bits per heavy atom. The van der Waals surface area contributed by atoms with Crippen molar-refractivity contribution < 1.29 is 9.47 Å². The molecule has 0 aliphatic heterocycles. The molecule has 0 aromatic carbocycles. The Kier molecular flexibility index (Phi) is 4.96. The first kappa shape index (κ1) is 14.1. The largest absolute Gasteiger partial charge is 0.474 e. The first-order chi connectivity index (χ1) is 9.19. The number of nitrogens with zero attached hydrogens (tertiary/aromatic N) is 2. The molecular formula is C14H23N3O2. The van der Waals surface area contributed by atoms with E-state index < -0.39 is 0 Å². The zero-order chi connectivity index (χ0) is 13.7. The van der Waals surface area contributed by atoms with Crippen LogP contribution in [0.1, 0.15) is 45.4 Å². The Bertz CT molecular complexity index is 412. The molecule has 1 saturated carbocycles. The van der Waals surface area contributed by atoms with Crippen LogP contribution < -0.4 is 10.5 Å². The van der Waals surface area contributed by atoms with E-state index in [-0.39, 0.29) is 6.10 Å². The minimum absolute atomic E-state index is 0.239. The van der Waals surface area contributed by atoms with Gasteiger partial charge in [0.25, 0.3) is 0 Å². The maximum absolute atomic E-state index is 5.98. The summed E-state index contributed by atoms with van der Waals surface area (Å²) >= 11 is 0. The molecule has 2 N–H and O–H groups in total. The molecule has 5 heteroatoms. The molecular weight excluding hydrogens is 242 g/mol. The van der Waals surface area contributed by atoms with Crippen molar-refractivity contribution in [1.82, 2.24) is 9.97 Å². The summed E-state index contributed by atoms with van der Waals surface area (Å²) in [7, 11) is 0. The summed E-state index contributed by atoms with van der Waals surface area (Å²) in [4.78, 5) is 8.51. The van der Waals surface area contributed by atoms with Crippen LogP contribution in [0.25, 0.3) is 0 Å². The van der Waals surface area contributed by atoms with Crippen molar-refractivity contribution >= 4 is 5.82 Å². The molecule has 0 radical (unpaired) electrons. The smallest absolute Gasteiger partial charge is 0.219 e. The van der Waals surface area contributed by atoms with Gasteiger partial charge in [-0.05, 0) is 32.1 Å². The van der Waals surface area contributed by atoms with Crippen LogP contribution >= 0.6 is 0 Å². The zero-order valence-electron chi connectivity index (χ0n) is 11.8. The summed E-state index contributed by atoms with van der Waals surface area (Å²) < 4.78 is 11.3. The monoisotopic (exact) mass is 265 g/mol. The maximum Gasteiger partial charge on any atom is 0.219 e. The molecule has 2 atom stereocenters. The van der Waals surface area contributed by atoms with Gasteiger partial charge in [0.1, 0.15) is 18.5 Å². The van der Waals surface area contributed by atoms with Crippen molar-refractivity contribution in [2.45, 2.75) is 52.2 Å². The van der Waals surface area contributed by atoms with E-state index in [1.54, 1.807) is 6.07 Å². The van der Waals surface area contributed by atoms with Crippen LogP contribution in [0.15, 0.2) is 6.07 Å². The van der Waals surface area contributed by atoms with E-state index in [2.05, 4.69) is 16.9 Å². The summed E-state index contributed by atoms with van der Waals surface area (Å²) in [6.07, 6.45) is 5.07. The molecule has 0 saturated heterocycles. The molecule has 1 fully saturated rings. The van der Waals surface area contributed by atoms with Crippen molar-refractivity contribution in [1.29, 1.82) is 0 Å². The second-order valence-electron chi connectivity index (χ2n) is 5.10. The number of hydrogen-bond donors (Lipinski definition) is 1. The van der Waals surface area contributed by atoms with Crippen LogP contribution in [-0.2, 0) is 11.3 Å². The standard InChI is InChI=1S/C14H23N3O2/c1-3-18-9-13-16-12(15)8-14(17-13)19-11-7-5-4-6-10(11)2/h8,10-11H,3-7,9H2,1-2H3,(H2,15,16,17). The summed E-state index contributed by atoms with van der Waals surface area (Å²) in [5.74, 6) is 2.16. The zero-order valence-corrected chi connectivity index (χ0v) is 11.8. The van der Waals surface area contributed by atoms with E-state index in [0.29, 0.717) is 36.7 Å². The molecule has 0 bridgehead atoms. The van der Waals surface area contributed by atoms with E-state index in [9.17, 15) is 0 Å². The molecule has 1 aromatic heterocycles. The Hall–Kier alpha value is -1.36. The second kappa shape index (κ2) is 6.70. The van der Waals surface area contributed by atoms with Gasteiger partial charge in [0.2, 0.25) is 5.88 Å². The fourth-order valence-corrected chi connectivity index (χ4v) is 2.42. The third-order valence-corrected chi connectivity index (χ3v) is 3.51. The van der Waals surface area contributed by atoms with Gasteiger partial charge in [-0.1, -0.05) is 13.3 Å². The molecule has 2 rings (SSSR count). The minimum atomic E-state index is 0.239. The van der Waals surface area contributed by atoms with Gasteiger partial charge >= 0.3 is 0 Å². The molecule has 1 heterocycles. The van der Waals surface area contributed by atoms with Gasteiger partial charge in [-0.3, -0.25) is 0 Å². The Morgan fingerprint density at radius 1 is 1.32 bits per heavy atom. The topological polar surface area (TPSA) is 70.3 Å². The average molecular weight is 265 g/mol. The van der Waals surface area contributed by atoms with Gasteiger partial charge in [-0.25, -0.2) is 4.98 Å². The molecule has 1 aliphatic carbocycles. The van der Waals surface area contributed by atoms with E-state index in [4.69, 9.17) is 15.2 Å². The predicted molar refractivity (Wildman–Crippen MR) is 73.8 cm³/mol. The van der Waals surface area contributed by atoms with Crippen LogP contribution in [0.2, 0.25) is 0 Å². The molecule has 106 valence electrons.